The fourth-order valence-electron chi connectivity index (χ4n) is 1.81. The Morgan fingerprint density at radius 3 is 2.35 bits per heavy atom. The van der Waals surface area contributed by atoms with Gasteiger partial charge in [-0.05, 0) is 44.5 Å². The van der Waals surface area contributed by atoms with Gasteiger partial charge in [0.2, 0.25) is 0 Å². The van der Waals surface area contributed by atoms with Crippen LogP contribution >= 0.6 is 22.9 Å². The molecule has 0 spiro atoms. The van der Waals surface area contributed by atoms with Crippen molar-refractivity contribution in [1.29, 1.82) is 0 Å². The molecule has 0 amide bonds. The van der Waals surface area contributed by atoms with Crippen molar-refractivity contribution in [2.75, 3.05) is 0 Å². The highest BCUT2D eigenvalue weighted by molar-refractivity contribution is 7.12. The molecule has 2 aromatic rings. The van der Waals surface area contributed by atoms with Crippen LogP contribution in [0.15, 0.2) is 24.3 Å². The van der Waals surface area contributed by atoms with Gasteiger partial charge >= 0.3 is 0 Å². The third kappa shape index (κ3) is 2.43. The van der Waals surface area contributed by atoms with Crippen LogP contribution in [-0.4, -0.2) is 5.78 Å². The van der Waals surface area contributed by atoms with Crippen molar-refractivity contribution in [3.05, 3.63) is 55.7 Å². The Morgan fingerprint density at radius 2 is 1.82 bits per heavy atom. The number of hydrogen-bond donors (Lipinski definition) is 0. The van der Waals surface area contributed by atoms with Crippen LogP contribution < -0.4 is 0 Å². The van der Waals surface area contributed by atoms with E-state index in [1.165, 1.54) is 0 Å². The van der Waals surface area contributed by atoms with Gasteiger partial charge in [-0.15, -0.1) is 11.3 Å². The topological polar surface area (TPSA) is 17.1 Å². The summed E-state index contributed by atoms with van der Waals surface area (Å²) in [6.07, 6.45) is 0. The average molecular weight is 265 g/mol. The predicted octanol–water partition coefficient (Wildman–Crippen LogP) is 4.56. The van der Waals surface area contributed by atoms with E-state index in [4.69, 9.17) is 11.6 Å². The van der Waals surface area contributed by atoms with Gasteiger partial charge in [-0.2, -0.15) is 0 Å². The minimum Gasteiger partial charge on any atom is -0.289 e. The van der Waals surface area contributed by atoms with E-state index in [1.54, 1.807) is 17.4 Å². The number of rotatable bonds is 2. The van der Waals surface area contributed by atoms with Crippen LogP contribution in [0.1, 0.15) is 31.2 Å². The van der Waals surface area contributed by atoms with Crippen LogP contribution in [0.5, 0.6) is 0 Å². The summed E-state index contributed by atoms with van der Waals surface area (Å²) >= 11 is 7.75. The van der Waals surface area contributed by atoms with Crippen LogP contribution in [0.25, 0.3) is 0 Å². The molecular weight excluding hydrogens is 252 g/mol. The zero-order chi connectivity index (χ0) is 12.6. The molecule has 0 unspecified atom stereocenters. The monoisotopic (exact) mass is 264 g/mol. The SMILES string of the molecule is Cc1ccc(C(=O)c2cc(C)sc2C)c(Cl)c1. The van der Waals surface area contributed by atoms with E-state index in [9.17, 15) is 4.79 Å². The van der Waals surface area contributed by atoms with Crippen molar-refractivity contribution in [2.45, 2.75) is 20.8 Å². The first-order chi connectivity index (χ1) is 7.99. The van der Waals surface area contributed by atoms with Gasteiger partial charge in [-0.25, -0.2) is 0 Å². The summed E-state index contributed by atoms with van der Waals surface area (Å²) in [7, 11) is 0. The van der Waals surface area contributed by atoms with Crippen molar-refractivity contribution >= 4 is 28.7 Å². The molecular formula is C14H13ClOS. The summed E-state index contributed by atoms with van der Waals surface area (Å²) in [5.41, 5.74) is 2.40. The molecule has 1 nitrogen and oxygen atoms in total. The highest BCUT2D eigenvalue weighted by atomic mass is 35.5. The van der Waals surface area contributed by atoms with Crippen molar-refractivity contribution in [1.82, 2.24) is 0 Å². The molecule has 0 atom stereocenters. The van der Waals surface area contributed by atoms with Gasteiger partial charge in [0.15, 0.2) is 5.78 Å². The van der Waals surface area contributed by atoms with Gasteiger partial charge in [0.1, 0.15) is 0 Å². The zero-order valence-electron chi connectivity index (χ0n) is 10.0. The van der Waals surface area contributed by atoms with Gasteiger partial charge in [0.25, 0.3) is 0 Å². The number of carbonyl (C=O) groups excluding carboxylic acids is 1. The number of thiophene rings is 1. The average Bonchev–Trinajstić information content (AvgIpc) is 2.57. The Kier molecular flexibility index (Phi) is 3.36. The van der Waals surface area contributed by atoms with E-state index < -0.39 is 0 Å². The van der Waals surface area contributed by atoms with Gasteiger partial charge in [0, 0.05) is 20.9 Å². The van der Waals surface area contributed by atoms with E-state index in [-0.39, 0.29) is 5.78 Å². The van der Waals surface area contributed by atoms with Crippen LogP contribution in [0.2, 0.25) is 5.02 Å². The molecule has 1 heterocycles. The molecule has 0 aliphatic rings. The smallest absolute Gasteiger partial charge is 0.195 e. The molecule has 0 fully saturated rings. The molecule has 88 valence electrons. The lowest BCUT2D eigenvalue weighted by atomic mass is 10.0. The van der Waals surface area contributed by atoms with Crippen molar-refractivity contribution < 1.29 is 4.79 Å². The summed E-state index contributed by atoms with van der Waals surface area (Å²) in [5, 5.41) is 0.526. The first-order valence-electron chi connectivity index (χ1n) is 5.37. The second kappa shape index (κ2) is 4.63. The van der Waals surface area contributed by atoms with Crippen LogP contribution in [0, 0.1) is 20.8 Å². The maximum absolute atomic E-state index is 12.3. The molecule has 0 saturated carbocycles. The van der Waals surface area contributed by atoms with Crippen molar-refractivity contribution in [2.24, 2.45) is 0 Å². The van der Waals surface area contributed by atoms with E-state index in [0.29, 0.717) is 10.6 Å². The Labute approximate surface area is 110 Å². The molecule has 0 bridgehead atoms. The lowest BCUT2D eigenvalue weighted by Crippen LogP contribution is -2.02. The Morgan fingerprint density at radius 1 is 1.12 bits per heavy atom. The van der Waals surface area contributed by atoms with Gasteiger partial charge in [-0.3, -0.25) is 4.79 Å². The number of ketones is 1. The highest BCUT2D eigenvalue weighted by Gasteiger charge is 2.16. The summed E-state index contributed by atoms with van der Waals surface area (Å²) < 4.78 is 0. The molecule has 0 radical (unpaired) electrons. The Bertz CT molecular complexity index is 584. The van der Waals surface area contributed by atoms with Gasteiger partial charge < -0.3 is 0 Å². The van der Waals surface area contributed by atoms with Crippen molar-refractivity contribution in [3.63, 3.8) is 0 Å². The predicted molar refractivity (Wildman–Crippen MR) is 73.4 cm³/mol. The molecule has 1 aromatic carbocycles. The lowest BCUT2D eigenvalue weighted by Gasteiger charge is -2.04. The molecule has 0 aliphatic carbocycles. The van der Waals surface area contributed by atoms with Crippen LogP contribution in [0.3, 0.4) is 0 Å². The standard InChI is InChI=1S/C14H13ClOS/c1-8-4-5-11(13(15)6-8)14(16)12-7-9(2)17-10(12)3/h4-7H,1-3H3. The molecule has 0 N–H and O–H groups in total. The number of carbonyl (C=O) groups is 1. The first-order valence-corrected chi connectivity index (χ1v) is 6.56. The third-order valence-corrected chi connectivity index (χ3v) is 3.93. The van der Waals surface area contributed by atoms with E-state index in [1.807, 2.05) is 39.0 Å². The van der Waals surface area contributed by atoms with Crippen molar-refractivity contribution in [3.8, 4) is 0 Å². The fourth-order valence-corrected chi connectivity index (χ4v) is 3.05. The first kappa shape index (κ1) is 12.3. The summed E-state index contributed by atoms with van der Waals surface area (Å²) in [5.74, 6) is 0.0110. The summed E-state index contributed by atoms with van der Waals surface area (Å²) in [6, 6.07) is 7.46. The molecule has 3 heteroatoms. The lowest BCUT2D eigenvalue weighted by molar-refractivity contribution is 0.103. The minimum absolute atomic E-state index is 0.0110. The summed E-state index contributed by atoms with van der Waals surface area (Å²) in [4.78, 5) is 14.5. The molecule has 17 heavy (non-hydrogen) atoms. The van der Waals surface area contributed by atoms with E-state index in [0.717, 1.165) is 20.9 Å². The molecule has 2 rings (SSSR count). The molecule has 0 saturated heterocycles. The maximum atomic E-state index is 12.3. The fraction of sp³-hybridized carbons (Fsp3) is 0.214. The second-order valence-corrected chi connectivity index (χ2v) is 6.01. The summed E-state index contributed by atoms with van der Waals surface area (Å²) in [6.45, 7) is 5.93. The Balaban J connectivity index is 2.47. The quantitative estimate of drug-likeness (QED) is 0.727. The van der Waals surface area contributed by atoms with E-state index >= 15 is 0 Å². The molecule has 1 aromatic heterocycles. The largest absolute Gasteiger partial charge is 0.289 e. The normalized spacial score (nSPS) is 10.6. The second-order valence-electron chi connectivity index (χ2n) is 4.14. The third-order valence-electron chi connectivity index (χ3n) is 2.65. The number of aryl methyl sites for hydroxylation is 3. The number of benzene rings is 1. The number of halogens is 1. The van der Waals surface area contributed by atoms with Gasteiger partial charge in [0.05, 0.1) is 5.02 Å². The minimum atomic E-state index is 0.0110. The van der Waals surface area contributed by atoms with Crippen LogP contribution in [0.4, 0.5) is 0 Å². The van der Waals surface area contributed by atoms with Gasteiger partial charge in [-0.1, -0.05) is 17.7 Å². The number of hydrogen-bond acceptors (Lipinski definition) is 2. The highest BCUT2D eigenvalue weighted by Crippen LogP contribution is 2.26. The maximum Gasteiger partial charge on any atom is 0.195 e. The Hall–Kier alpha value is -1.12. The van der Waals surface area contributed by atoms with Crippen LogP contribution in [-0.2, 0) is 0 Å². The zero-order valence-corrected chi connectivity index (χ0v) is 11.6. The molecule has 0 aliphatic heterocycles. The van der Waals surface area contributed by atoms with E-state index in [2.05, 4.69) is 0 Å².